The highest BCUT2D eigenvalue weighted by Gasteiger charge is 2.39. The van der Waals surface area contributed by atoms with Gasteiger partial charge in [-0.1, -0.05) is 42.4 Å². The zero-order chi connectivity index (χ0) is 23.4. The highest BCUT2D eigenvalue weighted by Crippen LogP contribution is 2.38. The van der Waals surface area contributed by atoms with Crippen molar-refractivity contribution in [1.82, 2.24) is 4.98 Å². The summed E-state index contributed by atoms with van der Waals surface area (Å²) in [7, 11) is 0. The Morgan fingerprint density at radius 1 is 1.06 bits per heavy atom. The molecule has 1 aromatic heterocycles. The van der Waals surface area contributed by atoms with E-state index in [4.69, 9.17) is 22.1 Å². The van der Waals surface area contributed by atoms with E-state index < -0.39 is 5.54 Å². The Bertz CT molecular complexity index is 1640. The Morgan fingerprint density at radius 3 is 2.71 bits per heavy atom. The van der Waals surface area contributed by atoms with E-state index in [-0.39, 0.29) is 12.2 Å². The predicted octanol–water partition coefficient (Wildman–Crippen LogP) is 4.94. The number of benzene rings is 3. The van der Waals surface area contributed by atoms with Crippen LogP contribution in [0.25, 0.3) is 22.0 Å². The van der Waals surface area contributed by atoms with Crippen LogP contribution in [-0.4, -0.2) is 16.9 Å². The van der Waals surface area contributed by atoms with Gasteiger partial charge in [-0.3, -0.25) is 4.79 Å². The number of hydrogen-bond donors (Lipinski definition) is 2. The van der Waals surface area contributed by atoms with Gasteiger partial charge in [0.1, 0.15) is 23.6 Å². The van der Waals surface area contributed by atoms with Crippen LogP contribution in [0, 0.1) is 0 Å². The van der Waals surface area contributed by atoms with E-state index in [1.807, 2.05) is 60.7 Å². The number of nitrogens with one attached hydrogen (secondary N) is 1. The van der Waals surface area contributed by atoms with Crippen molar-refractivity contribution in [2.45, 2.75) is 12.1 Å². The van der Waals surface area contributed by atoms with Gasteiger partial charge in [0, 0.05) is 33.1 Å². The van der Waals surface area contributed by atoms with E-state index in [2.05, 4.69) is 21.8 Å². The highest BCUT2D eigenvalue weighted by atomic mass is 35.5. The molecule has 1 atom stereocenters. The van der Waals surface area contributed by atoms with Gasteiger partial charge in [0.05, 0.1) is 6.21 Å². The fraction of sp³-hybridized carbons (Fsp3) is 0.0741. The summed E-state index contributed by atoms with van der Waals surface area (Å²) >= 11 is 6.53. The van der Waals surface area contributed by atoms with Crippen molar-refractivity contribution in [2.75, 3.05) is 0 Å². The summed E-state index contributed by atoms with van der Waals surface area (Å²) in [5.74, 6) is 0.670. The fourth-order valence-corrected chi connectivity index (χ4v) is 4.81. The van der Waals surface area contributed by atoms with Crippen molar-refractivity contribution in [2.24, 2.45) is 15.9 Å². The summed E-state index contributed by atoms with van der Waals surface area (Å²) in [6.45, 7) is 4.35. The second kappa shape index (κ2) is 7.52. The SMILES string of the molecule is C=C1C=NN=C1C1(N)c2ccc(Cl)c(c2)COc2cccc(c2)-c2cc(=O)[nH]c3ccc1cc23. The number of ether oxygens (including phenoxy) is 1. The molecule has 34 heavy (non-hydrogen) atoms. The maximum Gasteiger partial charge on any atom is 0.249 e. The topological polar surface area (TPSA) is 92.8 Å². The van der Waals surface area contributed by atoms with Gasteiger partial charge in [-0.2, -0.15) is 10.2 Å². The van der Waals surface area contributed by atoms with Gasteiger partial charge >= 0.3 is 0 Å². The van der Waals surface area contributed by atoms with Crippen molar-refractivity contribution in [3.05, 3.63) is 111 Å². The summed E-state index contributed by atoms with van der Waals surface area (Å²) in [5.41, 5.74) is 11.7. The fourth-order valence-electron chi connectivity index (χ4n) is 4.64. The summed E-state index contributed by atoms with van der Waals surface area (Å²) in [5, 5.41) is 9.83. The molecule has 0 aliphatic carbocycles. The Kier molecular flexibility index (Phi) is 4.55. The van der Waals surface area contributed by atoms with Crippen LogP contribution in [0.15, 0.2) is 93.9 Å². The predicted molar refractivity (Wildman–Crippen MR) is 136 cm³/mol. The lowest BCUT2D eigenvalue weighted by Crippen LogP contribution is -2.46. The molecule has 6 rings (SSSR count). The molecule has 3 heterocycles. The summed E-state index contributed by atoms with van der Waals surface area (Å²) in [4.78, 5) is 15.4. The van der Waals surface area contributed by atoms with Crippen LogP contribution in [0.1, 0.15) is 16.7 Å². The second-order valence-electron chi connectivity index (χ2n) is 8.46. The minimum atomic E-state index is -1.17. The highest BCUT2D eigenvalue weighted by molar-refractivity contribution is 6.31. The van der Waals surface area contributed by atoms with Crippen molar-refractivity contribution in [3.63, 3.8) is 0 Å². The Balaban J connectivity index is 1.73. The number of H-pyrrole nitrogens is 1. The molecule has 0 spiro atoms. The Hall–Kier alpha value is -4.00. The minimum Gasteiger partial charge on any atom is -0.489 e. The van der Waals surface area contributed by atoms with Crippen LogP contribution >= 0.6 is 11.6 Å². The van der Waals surface area contributed by atoms with Gasteiger partial charge in [0.15, 0.2) is 0 Å². The maximum absolute atomic E-state index is 12.5. The van der Waals surface area contributed by atoms with E-state index in [1.54, 1.807) is 12.3 Å². The van der Waals surface area contributed by atoms with Crippen LogP contribution in [0.3, 0.4) is 0 Å². The first kappa shape index (κ1) is 20.6. The third-order valence-electron chi connectivity index (χ3n) is 6.39. The van der Waals surface area contributed by atoms with Crippen LogP contribution in [0.4, 0.5) is 0 Å². The van der Waals surface area contributed by atoms with Crippen molar-refractivity contribution in [1.29, 1.82) is 0 Å². The molecule has 0 fully saturated rings. The molecule has 4 aromatic rings. The lowest BCUT2D eigenvalue weighted by atomic mass is 9.76. The van der Waals surface area contributed by atoms with Gasteiger partial charge in [0.2, 0.25) is 5.56 Å². The first-order valence-electron chi connectivity index (χ1n) is 10.7. The largest absolute Gasteiger partial charge is 0.489 e. The molecule has 0 saturated carbocycles. The quantitative estimate of drug-likeness (QED) is 0.416. The van der Waals surface area contributed by atoms with Crippen LogP contribution in [0.2, 0.25) is 5.02 Å². The average Bonchev–Trinajstić information content (AvgIpc) is 3.28. The van der Waals surface area contributed by atoms with Crippen LogP contribution in [-0.2, 0) is 12.1 Å². The molecule has 7 heteroatoms. The van der Waals surface area contributed by atoms with Gasteiger partial charge in [-0.05, 0) is 58.7 Å². The molecule has 6 bridgehead atoms. The van der Waals surface area contributed by atoms with Gasteiger partial charge in [0.25, 0.3) is 0 Å². The van der Waals surface area contributed by atoms with Crippen LogP contribution < -0.4 is 16.0 Å². The normalized spacial score (nSPS) is 18.8. The zero-order valence-corrected chi connectivity index (χ0v) is 18.8. The number of halogens is 1. The number of nitrogens with zero attached hydrogens (tertiary/aromatic N) is 2. The molecule has 6 nitrogen and oxygen atoms in total. The number of pyridine rings is 1. The molecular weight excluding hydrogens is 448 g/mol. The van der Waals surface area contributed by atoms with Crippen molar-refractivity contribution >= 4 is 34.4 Å². The summed E-state index contributed by atoms with van der Waals surface area (Å²) in [6.07, 6.45) is 1.60. The Morgan fingerprint density at radius 2 is 1.88 bits per heavy atom. The maximum atomic E-state index is 12.5. The molecule has 0 amide bonds. The van der Waals surface area contributed by atoms with E-state index in [0.717, 1.165) is 33.2 Å². The number of rotatable bonds is 1. The molecule has 3 N–H and O–H groups in total. The number of fused-ring (bicyclic) bond motifs is 6. The molecular formula is C27H19ClN4O2. The lowest BCUT2D eigenvalue weighted by molar-refractivity contribution is 0.306. The van der Waals surface area contributed by atoms with E-state index in [1.165, 1.54) is 0 Å². The number of hydrogen-bond acceptors (Lipinski definition) is 5. The summed E-state index contributed by atoms with van der Waals surface area (Å²) in [6, 6.07) is 20.7. The Labute approximate surface area is 200 Å². The third kappa shape index (κ3) is 3.11. The number of aromatic amines is 1. The second-order valence-corrected chi connectivity index (χ2v) is 8.86. The van der Waals surface area contributed by atoms with Gasteiger partial charge in [-0.15, -0.1) is 0 Å². The van der Waals surface area contributed by atoms with E-state index in [9.17, 15) is 4.79 Å². The zero-order valence-electron chi connectivity index (χ0n) is 18.0. The van der Waals surface area contributed by atoms with E-state index in [0.29, 0.717) is 27.6 Å². The molecule has 3 aromatic carbocycles. The molecule has 0 saturated heterocycles. The van der Waals surface area contributed by atoms with Gasteiger partial charge < -0.3 is 15.5 Å². The number of nitrogens with two attached hydrogens (primary N) is 1. The number of aromatic nitrogens is 1. The first-order chi connectivity index (χ1) is 16.4. The van der Waals surface area contributed by atoms with Gasteiger partial charge in [-0.25, -0.2) is 0 Å². The smallest absolute Gasteiger partial charge is 0.249 e. The van der Waals surface area contributed by atoms with Crippen molar-refractivity contribution in [3.8, 4) is 16.9 Å². The standard InChI is InChI=1S/C27H19ClN4O2/c1-15-13-30-32-26(15)27(29)18-5-7-23(28)17(9-18)14-34-20-4-2-3-16(10-20)21-12-25(33)31-24-8-6-19(27)11-22(21)24/h2-13H,1,14,29H2,(H,31,33). The summed E-state index contributed by atoms with van der Waals surface area (Å²) < 4.78 is 6.10. The van der Waals surface area contributed by atoms with Crippen LogP contribution in [0.5, 0.6) is 5.75 Å². The minimum absolute atomic E-state index is 0.190. The van der Waals surface area contributed by atoms with Crippen molar-refractivity contribution < 1.29 is 4.74 Å². The molecule has 2 aliphatic heterocycles. The molecule has 166 valence electrons. The molecule has 1 unspecified atom stereocenters. The first-order valence-corrected chi connectivity index (χ1v) is 11.1. The average molecular weight is 467 g/mol. The van der Waals surface area contributed by atoms with E-state index >= 15 is 0 Å². The monoisotopic (exact) mass is 466 g/mol. The lowest BCUT2D eigenvalue weighted by Gasteiger charge is -2.32. The third-order valence-corrected chi connectivity index (χ3v) is 6.76. The molecule has 2 aliphatic rings. The molecule has 0 radical (unpaired) electrons.